The normalized spacial score (nSPS) is 15.9. The van der Waals surface area contributed by atoms with E-state index in [9.17, 15) is 4.79 Å². The van der Waals surface area contributed by atoms with E-state index in [1.54, 1.807) is 0 Å². The number of carbonyl (C=O) groups is 1. The molecule has 0 aromatic heterocycles. The van der Waals surface area contributed by atoms with Crippen molar-refractivity contribution in [3.63, 3.8) is 0 Å². The van der Waals surface area contributed by atoms with Crippen LogP contribution in [0.1, 0.15) is 20.8 Å². The lowest BCUT2D eigenvalue weighted by molar-refractivity contribution is -0.148. The maximum atomic E-state index is 11.7. The van der Waals surface area contributed by atoms with Crippen molar-refractivity contribution in [1.29, 1.82) is 0 Å². The lowest BCUT2D eigenvalue weighted by Crippen LogP contribution is -2.48. The zero-order chi connectivity index (χ0) is 15.9. The molecule has 22 heavy (non-hydrogen) atoms. The molecule has 0 unspecified atom stereocenters. The highest BCUT2D eigenvalue weighted by molar-refractivity contribution is 5.72. The van der Waals surface area contributed by atoms with E-state index in [0.717, 1.165) is 37.6 Å². The molecule has 2 rings (SSSR count). The van der Waals surface area contributed by atoms with Crippen LogP contribution in [-0.4, -0.2) is 56.3 Å². The Morgan fingerprint density at radius 1 is 1.18 bits per heavy atom. The maximum absolute atomic E-state index is 11.7. The van der Waals surface area contributed by atoms with Crippen molar-refractivity contribution in [1.82, 2.24) is 4.90 Å². The van der Waals surface area contributed by atoms with Crippen LogP contribution < -0.4 is 9.64 Å². The molecule has 1 aliphatic heterocycles. The molecule has 0 radical (unpaired) electrons. The van der Waals surface area contributed by atoms with Crippen molar-refractivity contribution in [3.05, 3.63) is 24.3 Å². The van der Waals surface area contributed by atoms with E-state index in [1.165, 1.54) is 0 Å². The second-order valence-corrected chi connectivity index (χ2v) is 5.70. The first-order chi connectivity index (χ1) is 10.6. The number of piperazine rings is 1. The van der Waals surface area contributed by atoms with E-state index in [-0.39, 0.29) is 12.1 Å². The van der Waals surface area contributed by atoms with Crippen LogP contribution in [0.2, 0.25) is 0 Å². The molecule has 0 spiro atoms. The molecular formula is C17H26N2O3. The molecular weight excluding hydrogens is 280 g/mol. The van der Waals surface area contributed by atoms with Crippen LogP contribution in [0.25, 0.3) is 0 Å². The van der Waals surface area contributed by atoms with Crippen LogP contribution in [0.3, 0.4) is 0 Å². The van der Waals surface area contributed by atoms with Gasteiger partial charge in [-0.25, -0.2) is 0 Å². The number of hydrogen-bond donors (Lipinski definition) is 0. The molecule has 122 valence electrons. The van der Waals surface area contributed by atoms with Gasteiger partial charge in [-0.15, -0.1) is 0 Å². The fraction of sp³-hybridized carbons (Fsp3) is 0.588. The minimum atomic E-state index is -0.141. The van der Waals surface area contributed by atoms with Gasteiger partial charge in [-0.1, -0.05) is 12.1 Å². The van der Waals surface area contributed by atoms with Gasteiger partial charge in [0, 0.05) is 26.2 Å². The minimum Gasteiger partial charge on any atom is -0.492 e. The topological polar surface area (TPSA) is 42.0 Å². The SMILES string of the molecule is CCOc1ccccc1N1CCN(CC(=O)OC(C)C)CC1. The summed E-state index contributed by atoms with van der Waals surface area (Å²) in [7, 11) is 0. The van der Waals surface area contributed by atoms with Gasteiger partial charge < -0.3 is 14.4 Å². The number of hydrogen-bond acceptors (Lipinski definition) is 5. The van der Waals surface area contributed by atoms with Gasteiger partial charge in [0.05, 0.1) is 24.9 Å². The van der Waals surface area contributed by atoms with Crippen LogP contribution in [-0.2, 0) is 9.53 Å². The quantitative estimate of drug-likeness (QED) is 0.753. The summed E-state index contributed by atoms with van der Waals surface area (Å²) in [6.45, 7) is 10.3. The summed E-state index contributed by atoms with van der Waals surface area (Å²) in [5.74, 6) is 0.788. The molecule has 0 N–H and O–H groups in total. The molecule has 0 aliphatic carbocycles. The molecule has 5 heteroatoms. The average Bonchev–Trinajstić information content (AvgIpc) is 2.48. The Hall–Kier alpha value is -1.75. The van der Waals surface area contributed by atoms with E-state index in [2.05, 4.69) is 15.9 Å². The zero-order valence-electron chi connectivity index (χ0n) is 13.7. The van der Waals surface area contributed by atoms with E-state index in [0.29, 0.717) is 13.2 Å². The highest BCUT2D eigenvalue weighted by atomic mass is 16.5. The van der Waals surface area contributed by atoms with Crippen molar-refractivity contribution in [2.24, 2.45) is 0 Å². The van der Waals surface area contributed by atoms with Crippen LogP contribution in [0.4, 0.5) is 5.69 Å². The monoisotopic (exact) mass is 306 g/mol. The third-order valence-corrected chi connectivity index (χ3v) is 3.60. The first kappa shape index (κ1) is 16.6. The number of para-hydroxylation sites is 2. The molecule has 0 saturated carbocycles. The average molecular weight is 306 g/mol. The van der Waals surface area contributed by atoms with Crippen molar-refractivity contribution < 1.29 is 14.3 Å². The summed E-state index contributed by atoms with van der Waals surface area (Å²) in [4.78, 5) is 16.2. The number of nitrogens with zero attached hydrogens (tertiary/aromatic N) is 2. The van der Waals surface area contributed by atoms with Gasteiger partial charge in [0.2, 0.25) is 0 Å². The maximum Gasteiger partial charge on any atom is 0.320 e. The van der Waals surface area contributed by atoms with E-state index < -0.39 is 0 Å². The molecule has 0 atom stereocenters. The fourth-order valence-corrected chi connectivity index (χ4v) is 2.63. The summed E-state index contributed by atoms with van der Waals surface area (Å²) < 4.78 is 10.9. The molecule has 1 aromatic rings. The molecule has 0 amide bonds. The zero-order valence-corrected chi connectivity index (χ0v) is 13.7. The summed E-state index contributed by atoms with van der Waals surface area (Å²) in [6, 6.07) is 8.12. The summed E-state index contributed by atoms with van der Waals surface area (Å²) in [5, 5.41) is 0. The lowest BCUT2D eigenvalue weighted by Gasteiger charge is -2.36. The van der Waals surface area contributed by atoms with Gasteiger partial charge in [0.25, 0.3) is 0 Å². The van der Waals surface area contributed by atoms with Crippen molar-refractivity contribution in [2.75, 3.05) is 44.2 Å². The molecule has 1 heterocycles. The van der Waals surface area contributed by atoms with E-state index >= 15 is 0 Å². The number of benzene rings is 1. The third kappa shape index (κ3) is 4.63. The standard InChI is InChI=1S/C17H26N2O3/c1-4-21-16-8-6-5-7-15(16)19-11-9-18(10-12-19)13-17(20)22-14(2)3/h5-8,14H,4,9-13H2,1-3H3. The minimum absolute atomic E-state index is 0.0492. The van der Waals surface area contributed by atoms with Crippen molar-refractivity contribution >= 4 is 11.7 Å². The first-order valence-corrected chi connectivity index (χ1v) is 7.98. The number of ether oxygens (including phenoxy) is 2. The molecule has 0 bridgehead atoms. The number of carbonyl (C=O) groups excluding carboxylic acids is 1. The Balaban J connectivity index is 1.88. The van der Waals surface area contributed by atoms with E-state index in [4.69, 9.17) is 9.47 Å². The summed E-state index contributed by atoms with van der Waals surface area (Å²) in [6.07, 6.45) is -0.0492. The third-order valence-electron chi connectivity index (χ3n) is 3.60. The van der Waals surface area contributed by atoms with Crippen molar-refractivity contribution in [2.45, 2.75) is 26.9 Å². The predicted molar refractivity (Wildman–Crippen MR) is 87.5 cm³/mol. The summed E-state index contributed by atoms with van der Waals surface area (Å²) >= 11 is 0. The first-order valence-electron chi connectivity index (χ1n) is 7.98. The van der Waals surface area contributed by atoms with E-state index in [1.807, 2.05) is 39.0 Å². The van der Waals surface area contributed by atoms with Gasteiger partial charge in [-0.2, -0.15) is 0 Å². The van der Waals surface area contributed by atoms with Gasteiger partial charge in [0.15, 0.2) is 0 Å². The Bertz CT molecular complexity index is 483. The molecule has 1 saturated heterocycles. The van der Waals surface area contributed by atoms with Crippen molar-refractivity contribution in [3.8, 4) is 5.75 Å². The number of anilines is 1. The molecule has 1 aromatic carbocycles. The second-order valence-electron chi connectivity index (χ2n) is 5.70. The fourth-order valence-electron chi connectivity index (χ4n) is 2.63. The summed E-state index contributed by atoms with van der Waals surface area (Å²) in [5.41, 5.74) is 1.13. The Morgan fingerprint density at radius 2 is 1.86 bits per heavy atom. The van der Waals surface area contributed by atoms with Gasteiger partial charge in [-0.3, -0.25) is 9.69 Å². The second kappa shape index (κ2) is 8.03. The van der Waals surface area contributed by atoms with Crippen LogP contribution in [0.5, 0.6) is 5.75 Å². The van der Waals surface area contributed by atoms with Gasteiger partial charge >= 0.3 is 5.97 Å². The number of rotatable bonds is 6. The van der Waals surface area contributed by atoms with Crippen LogP contribution in [0.15, 0.2) is 24.3 Å². The lowest BCUT2D eigenvalue weighted by atomic mass is 10.2. The Labute approximate surface area is 132 Å². The Kier molecular flexibility index (Phi) is 6.07. The van der Waals surface area contributed by atoms with Gasteiger partial charge in [0.1, 0.15) is 5.75 Å². The van der Waals surface area contributed by atoms with Gasteiger partial charge in [-0.05, 0) is 32.9 Å². The van der Waals surface area contributed by atoms with Crippen LogP contribution in [0, 0.1) is 0 Å². The molecule has 1 fully saturated rings. The van der Waals surface area contributed by atoms with Crippen LogP contribution >= 0.6 is 0 Å². The number of esters is 1. The highest BCUT2D eigenvalue weighted by Crippen LogP contribution is 2.28. The highest BCUT2D eigenvalue weighted by Gasteiger charge is 2.21. The molecule has 1 aliphatic rings. The molecule has 5 nitrogen and oxygen atoms in total. The predicted octanol–water partition coefficient (Wildman–Crippen LogP) is 2.16. The smallest absolute Gasteiger partial charge is 0.320 e. The largest absolute Gasteiger partial charge is 0.492 e. The Morgan fingerprint density at radius 3 is 2.50 bits per heavy atom.